The van der Waals surface area contributed by atoms with Gasteiger partial charge in [-0.15, -0.1) is 0 Å². The number of thioether (sulfide) groups is 1. The molecule has 0 unspecified atom stereocenters. The minimum atomic E-state index is -0.507. The topological polar surface area (TPSA) is 75.2 Å². The quantitative estimate of drug-likeness (QED) is 0.648. The van der Waals surface area contributed by atoms with E-state index in [1.54, 1.807) is 12.3 Å². The molecule has 0 saturated carbocycles. The first-order valence-corrected chi connectivity index (χ1v) is 8.38. The van der Waals surface area contributed by atoms with Gasteiger partial charge in [0.2, 0.25) is 5.91 Å². The van der Waals surface area contributed by atoms with Gasteiger partial charge in [0.1, 0.15) is 5.82 Å². The molecule has 9 heteroatoms. The second-order valence-electron chi connectivity index (χ2n) is 4.77. The number of likely N-dealkylation sites (N-methyl/N-ethyl adjacent to an activating group) is 1. The first-order chi connectivity index (χ1) is 11.4. The normalized spacial score (nSPS) is 10.3. The van der Waals surface area contributed by atoms with E-state index in [1.165, 1.54) is 48.1 Å². The molecule has 0 aliphatic rings. The van der Waals surface area contributed by atoms with Gasteiger partial charge in [-0.3, -0.25) is 9.59 Å². The Labute approximate surface area is 147 Å². The van der Waals surface area contributed by atoms with E-state index < -0.39 is 17.6 Å². The highest BCUT2D eigenvalue weighted by molar-refractivity contribution is 7.98. The van der Waals surface area contributed by atoms with E-state index in [2.05, 4.69) is 15.3 Å². The van der Waals surface area contributed by atoms with Gasteiger partial charge in [-0.2, -0.15) is 0 Å². The van der Waals surface area contributed by atoms with Crippen LogP contribution in [-0.2, 0) is 4.79 Å². The number of hydrogen-bond acceptors (Lipinski definition) is 5. The molecule has 0 atom stereocenters. The van der Waals surface area contributed by atoms with Crippen LogP contribution in [0.4, 0.5) is 10.1 Å². The van der Waals surface area contributed by atoms with Gasteiger partial charge in [-0.25, -0.2) is 14.4 Å². The molecule has 1 N–H and O–H groups in total. The molecule has 0 aliphatic carbocycles. The number of halogens is 2. The third-order valence-electron chi connectivity index (χ3n) is 2.94. The largest absolute Gasteiger partial charge is 0.331 e. The zero-order valence-corrected chi connectivity index (χ0v) is 14.5. The van der Waals surface area contributed by atoms with Crippen molar-refractivity contribution in [2.75, 3.05) is 25.2 Å². The zero-order valence-electron chi connectivity index (χ0n) is 12.9. The van der Waals surface area contributed by atoms with Crippen LogP contribution in [-0.4, -0.2) is 46.5 Å². The molecule has 0 fully saturated rings. The molecule has 0 spiro atoms. The summed E-state index contributed by atoms with van der Waals surface area (Å²) in [6.07, 6.45) is 3.11. The number of benzene rings is 1. The van der Waals surface area contributed by atoms with E-state index in [4.69, 9.17) is 11.6 Å². The van der Waals surface area contributed by atoms with Gasteiger partial charge in [0.15, 0.2) is 10.9 Å². The lowest BCUT2D eigenvalue weighted by molar-refractivity contribution is -0.116. The molecule has 2 rings (SSSR count). The molecule has 6 nitrogen and oxygen atoms in total. The Morgan fingerprint density at radius 1 is 1.42 bits per heavy atom. The zero-order chi connectivity index (χ0) is 17.7. The maximum Gasteiger partial charge on any atom is 0.274 e. The summed E-state index contributed by atoms with van der Waals surface area (Å²) in [6.45, 7) is -0.232. The summed E-state index contributed by atoms with van der Waals surface area (Å²) in [4.78, 5) is 33.6. The molecule has 1 heterocycles. The Hall–Kier alpha value is -2.19. The molecule has 1 aromatic heterocycles. The Morgan fingerprint density at radius 3 is 2.83 bits per heavy atom. The Bertz CT molecular complexity index is 775. The summed E-state index contributed by atoms with van der Waals surface area (Å²) in [6, 6.07) is 5.48. The minimum absolute atomic E-state index is 0.0251. The fraction of sp³-hybridized carbons (Fsp3) is 0.200. The third-order valence-corrected chi connectivity index (χ3v) is 3.78. The number of anilines is 1. The standard InChI is InChI=1S/C15H14ClFN4O2S/c1-21(8-12(22)19-10-5-3-4-9(17)6-10)14(23)13-11(16)7-18-15(20-13)24-2/h3-7H,8H2,1-2H3,(H,19,22). The monoisotopic (exact) mass is 368 g/mol. The van der Waals surface area contributed by atoms with Crippen LogP contribution in [0.2, 0.25) is 5.02 Å². The number of rotatable bonds is 5. The number of nitrogens with zero attached hydrogens (tertiary/aromatic N) is 3. The van der Waals surface area contributed by atoms with E-state index >= 15 is 0 Å². The molecular formula is C15H14ClFN4O2S. The van der Waals surface area contributed by atoms with Crippen molar-refractivity contribution in [2.45, 2.75) is 5.16 Å². The summed E-state index contributed by atoms with van der Waals surface area (Å²) in [7, 11) is 1.45. The Morgan fingerprint density at radius 2 is 2.17 bits per heavy atom. The van der Waals surface area contributed by atoms with E-state index in [1.807, 2.05) is 0 Å². The van der Waals surface area contributed by atoms with Crippen LogP contribution in [0.3, 0.4) is 0 Å². The van der Waals surface area contributed by atoms with Gasteiger partial charge in [-0.05, 0) is 24.5 Å². The summed E-state index contributed by atoms with van der Waals surface area (Å²) in [5.41, 5.74) is 0.336. The molecule has 2 aromatic rings. The number of amides is 2. The van der Waals surface area contributed by atoms with E-state index in [0.29, 0.717) is 10.8 Å². The van der Waals surface area contributed by atoms with Crippen LogP contribution in [0.1, 0.15) is 10.5 Å². The molecule has 0 saturated heterocycles. The molecular weight excluding hydrogens is 355 g/mol. The first kappa shape index (κ1) is 18.2. The highest BCUT2D eigenvalue weighted by Gasteiger charge is 2.20. The van der Waals surface area contributed by atoms with Gasteiger partial charge in [-0.1, -0.05) is 29.4 Å². The molecule has 0 bridgehead atoms. The van der Waals surface area contributed by atoms with Gasteiger partial charge in [0.25, 0.3) is 5.91 Å². The molecule has 2 amide bonds. The fourth-order valence-electron chi connectivity index (χ4n) is 1.83. The Balaban J connectivity index is 2.04. The number of carbonyl (C=O) groups excluding carboxylic acids is 2. The van der Waals surface area contributed by atoms with Crippen LogP contribution < -0.4 is 5.32 Å². The lowest BCUT2D eigenvalue weighted by atomic mass is 10.3. The average molecular weight is 369 g/mol. The van der Waals surface area contributed by atoms with E-state index in [0.717, 1.165) is 0 Å². The summed E-state index contributed by atoms with van der Waals surface area (Å²) < 4.78 is 13.1. The number of nitrogens with one attached hydrogen (secondary N) is 1. The predicted molar refractivity (Wildman–Crippen MR) is 90.8 cm³/mol. The smallest absolute Gasteiger partial charge is 0.274 e. The molecule has 0 aliphatic heterocycles. The fourth-order valence-corrected chi connectivity index (χ4v) is 2.35. The van der Waals surface area contributed by atoms with Crippen molar-refractivity contribution in [3.8, 4) is 0 Å². The van der Waals surface area contributed by atoms with E-state index in [-0.39, 0.29) is 17.3 Å². The van der Waals surface area contributed by atoms with Gasteiger partial charge < -0.3 is 10.2 Å². The SMILES string of the molecule is CSc1ncc(Cl)c(C(=O)N(C)CC(=O)Nc2cccc(F)c2)n1. The van der Waals surface area contributed by atoms with Crippen LogP contribution in [0.15, 0.2) is 35.6 Å². The molecule has 1 aromatic carbocycles. The molecule has 0 radical (unpaired) electrons. The van der Waals surface area contributed by atoms with E-state index in [9.17, 15) is 14.0 Å². The number of hydrogen-bond donors (Lipinski definition) is 1. The van der Waals surface area contributed by atoms with Crippen molar-refractivity contribution in [1.29, 1.82) is 0 Å². The van der Waals surface area contributed by atoms with Crippen molar-refractivity contribution >= 4 is 40.9 Å². The average Bonchev–Trinajstić information content (AvgIpc) is 2.54. The number of carbonyl (C=O) groups is 2. The second kappa shape index (κ2) is 8.07. The maximum atomic E-state index is 13.1. The highest BCUT2D eigenvalue weighted by atomic mass is 35.5. The van der Waals surface area contributed by atoms with Gasteiger partial charge >= 0.3 is 0 Å². The molecule has 126 valence electrons. The lowest BCUT2D eigenvalue weighted by Gasteiger charge is -2.17. The first-order valence-electron chi connectivity index (χ1n) is 6.78. The maximum absolute atomic E-state index is 13.1. The van der Waals surface area contributed by atoms with Crippen molar-refractivity contribution in [1.82, 2.24) is 14.9 Å². The number of aromatic nitrogens is 2. The van der Waals surface area contributed by atoms with Crippen LogP contribution in [0, 0.1) is 5.82 Å². The molecule has 24 heavy (non-hydrogen) atoms. The van der Waals surface area contributed by atoms with Crippen molar-refractivity contribution in [3.05, 3.63) is 47.0 Å². The third kappa shape index (κ3) is 4.65. The summed E-state index contributed by atoms with van der Waals surface area (Å²) in [5.74, 6) is -1.44. The van der Waals surface area contributed by atoms with Crippen molar-refractivity contribution in [3.63, 3.8) is 0 Å². The Kier molecular flexibility index (Phi) is 6.10. The highest BCUT2D eigenvalue weighted by Crippen LogP contribution is 2.18. The lowest BCUT2D eigenvalue weighted by Crippen LogP contribution is -2.35. The van der Waals surface area contributed by atoms with Crippen LogP contribution >= 0.6 is 23.4 Å². The van der Waals surface area contributed by atoms with Crippen molar-refractivity contribution in [2.24, 2.45) is 0 Å². The predicted octanol–water partition coefficient (Wildman–Crippen LogP) is 2.70. The van der Waals surface area contributed by atoms with Crippen LogP contribution in [0.5, 0.6) is 0 Å². The van der Waals surface area contributed by atoms with Gasteiger partial charge in [0.05, 0.1) is 17.8 Å². The summed E-state index contributed by atoms with van der Waals surface area (Å²) >= 11 is 7.22. The van der Waals surface area contributed by atoms with Crippen LogP contribution in [0.25, 0.3) is 0 Å². The van der Waals surface area contributed by atoms with Gasteiger partial charge in [0, 0.05) is 12.7 Å². The second-order valence-corrected chi connectivity index (χ2v) is 5.95. The minimum Gasteiger partial charge on any atom is -0.331 e. The van der Waals surface area contributed by atoms with Crippen molar-refractivity contribution < 1.29 is 14.0 Å². The summed E-state index contributed by atoms with van der Waals surface area (Å²) in [5, 5.41) is 3.02.